The fourth-order valence-corrected chi connectivity index (χ4v) is 2.61. The van der Waals surface area contributed by atoms with Crippen LogP contribution in [0, 0.1) is 0 Å². The van der Waals surface area contributed by atoms with E-state index in [1.807, 2.05) is 12.3 Å². The summed E-state index contributed by atoms with van der Waals surface area (Å²) in [6.07, 6.45) is 1.89. The molecule has 0 fully saturated rings. The van der Waals surface area contributed by atoms with Crippen LogP contribution in [0.5, 0.6) is 0 Å². The van der Waals surface area contributed by atoms with Crippen LogP contribution in [0.25, 0.3) is 22.3 Å². The van der Waals surface area contributed by atoms with Crippen LogP contribution in [0.4, 0.5) is 5.69 Å². The third-order valence-corrected chi connectivity index (χ3v) is 3.69. The molecule has 1 N–H and O–H groups in total. The highest BCUT2D eigenvalue weighted by Crippen LogP contribution is 2.29. The quantitative estimate of drug-likeness (QED) is 0.769. The lowest BCUT2D eigenvalue weighted by Crippen LogP contribution is -2.22. The molecule has 0 bridgehead atoms. The lowest BCUT2D eigenvalue weighted by molar-refractivity contribution is 0.868. The van der Waals surface area contributed by atoms with Crippen molar-refractivity contribution in [1.82, 2.24) is 9.97 Å². The Labute approximate surface area is 131 Å². The van der Waals surface area contributed by atoms with Crippen LogP contribution in [0.2, 0.25) is 0 Å². The Kier molecular flexibility index (Phi) is 4.86. The van der Waals surface area contributed by atoms with Gasteiger partial charge in [-0.2, -0.15) is 0 Å². The van der Waals surface area contributed by atoms with Gasteiger partial charge in [-0.1, -0.05) is 30.3 Å². The van der Waals surface area contributed by atoms with E-state index in [0.29, 0.717) is 0 Å². The van der Waals surface area contributed by atoms with E-state index in [9.17, 15) is 0 Å². The number of aromatic nitrogens is 2. The molecule has 0 aliphatic carbocycles. The molecule has 0 atom stereocenters. The molecule has 3 nitrogen and oxygen atoms in total. The fourth-order valence-electron chi connectivity index (χ4n) is 2.61. The molecular weight excluding hydrogens is 282 g/mol. The molecule has 0 radical (unpaired) electrons. The molecule has 1 aromatic carbocycles. The summed E-state index contributed by atoms with van der Waals surface area (Å²) in [6, 6.07) is 14.6. The first-order valence-corrected chi connectivity index (χ1v) is 7.11. The fraction of sp³-hybridized carbons (Fsp3) is 0.235. The minimum absolute atomic E-state index is 0. The molecule has 21 heavy (non-hydrogen) atoms. The Morgan fingerprint density at radius 3 is 2.43 bits per heavy atom. The van der Waals surface area contributed by atoms with Crippen molar-refractivity contribution < 1.29 is 0 Å². The summed E-state index contributed by atoms with van der Waals surface area (Å²) in [5.41, 5.74) is 5.68. The maximum Gasteiger partial charge on any atom is 0.0906 e. The van der Waals surface area contributed by atoms with Crippen molar-refractivity contribution in [3.05, 3.63) is 48.7 Å². The topological polar surface area (TPSA) is 31.9 Å². The van der Waals surface area contributed by atoms with E-state index < -0.39 is 0 Å². The Hall–Kier alpha value is -2.00. The molecule has 2 aromatic heterocycles. The monoisotopic (exact) mass is 301 g/mol. The molecule has 110 valence electrons. The van der Waals surface area contributed by atoms with Gasteiger partial charge in [0.15, 0.2) is 0 Å². The van der Waals surface area contributed by atoms with Gasteiger partial charge in [-0.25, -0.2) is 0 Å². The number of benzene rings is 1. The first kappa shape index (κ1) is 15.4. The number of H-pyrrole nitrogens is 1. The third kappa shape index (κ3) is 2.88. The second kappa shape index (κ2) is 6.64. The Balaban J connectivity index is 0.00000161. The zero-order chi connectivity index (χ0) is 13.9. The van der Waals surface area contributed by atoms with Gasteiger partial charge < -0.3 is 9.88 Å². The van der Waals surface area contributed by atoms with E-state index >= 15 is 0 Å². The van der Waals surface area contributed by atoms with Gasteiger partial charge in [0, 0.05) is 25.0 Å². The summed E-state index contributed by atoms with van der Waals surface area (Å²) in [5, 5.41) is 0. The molecule has 0 aliphatic heterocycles. The lowest BCUT2D eigenvalue weighted by Gasteiger charge is -2.21. The first-order chi connectivity index (χ1) is 9.83. The molecular formula is C17H20ClN3. The van der Waals surface area contributed by atoms with Crippen LogP contribution in [0.3, 0.4) is 0 Å². The number of anilines is 1. The van der Waals surface area contributed by atoms with E-state index in [1.165, 1.54) is 11.3 Å². The SMILES string of the molecule is CCN(CC)c1ccnc2cc(-c3ccccc3)[nH]c12.Cl. The summed E-state index contributed by atoms with van der Waals surface area (Å²) >= 11 is 0. The van der Waals surface area contributed by atoms with Gasteiger partial charge in [-0.15, -0.1) is 12.4 Å². The van der Waals surface area contributed by atoms with Gasteiger partial charge in [0.25, 0.3) is 0 Å². The van der Waals surface area contributed by atoms with Gasteiger partial charge in [0.1, 0.15) is 0 Å². The van der Waals surface area contributed by atoms with Crippen molar-refractivity contribution in [2.24, 2.45) is 0 Å². The number of aromatic amines is 1. The van der Waals surface area contributed by atoms with Gasteiger partial charge in [0.2, 0.25) is 0 Å². The molecule has 2 heterocycles. The number of nitrogens with one attached hydrogen (secondary N) is 1. The highest BCUT2D eigenvalue weighted by molar-refractivity contribution is 5.92. The lowest BCUT2D eigenvalue weighted by atomic mass is 10.2. The molecule has 0 saturated heterocycles. The van der Waals surface area contributed by atoms with E-state index in [2.05, 4.69) is 65.1 Å². The van der Waals surface area contributed by atoms with Crippen LogP contribution >= 0.6 is 12.4 Å². The van der Waals surface area contributed by atoms with E-state index in [0.717, 1.165) is 29.8 Å². The average Bonchev–Trinajstić information content (AvgIpc) is 2.94. The van der Waals surface area contributed by atoms with Gasteiger partial charge in [-0.3, -0.25) is 4.98 Å². The van der Waals surface area contributed by atoms with Crippen molar-refractivity contribution in [2.45, 2.75) is 13.8 Å². The number of pyridine rings is 1. The smallest absolute Gasteiger partial charge is 0.0906 e. The van der Waals surface area contributed by atoms with E-state index in [4.69, 9.17) is 0 Å². The number of rotatable bonds is 4. The molecule has 4 heteroatoms. The summed E-state index contributed by atoms with van der Waals surface area (Å²) in [7, 11) is 0. The summed E-state index contributed by atoms with van der Waals surface area (Å²) in [5.74, 6) is 0. The number of hydrogen-bond donors (Lipinski definition) is 1. The Morgan fingerprint density at radius 1 is 1.05 bits per heavy atom. The first-order valence-electron chi connectivity index (χ1n) is 7.11. The molecule has 3 aromatic rings. The van der Waals surface area contributed by atoms with Gasteiger partial charge in [0.05, 0.1) is 16.7 Å². The number of hydrogen-bond acceptors (Lipinski definition) is 2. The van der Waals surface area contributed by atoms with E-state index in [1.54, 1.807) is 0 Å². The zero-order valence-electron chi connectivity index (χ0n) is 12.3. The highest BCUT2D eigenvalue weighted by atomic mass is 35.5. The second-order valence-electron chi connectivity index (χ2n) is 4.81. The summed E-state index contributed by atoms with van der Waals surface area (Å²) < 4.78 is 0. The number of nitrogens with zero attached hydrogens (tertiary/aromatic N) is 2. The normalized spacial score (nSPS) is 10.4. The van der Waals surface area contributed by atoms with Crippen molar-refractivity contribution in [3.8, 4) is 11.3 Å². The average molecular weight is 302 g/mol. The van der Waals surface area contributed by atoms with Crippen LogP contribution in [0.15, 0.2) is 48.7 Å². The summed E-state index contributed by atoms with van der Waals surface area (Å²) in [4.78, 5) is 10.3. The van der Waals surface area contributed by atoms with Crippen molar-refractivity contribution in [1.29, 1.82) is 0 Å². The van der Waals surface area contributed by atoms with Gasteiger partial charge in [-0.05, 0) is 31.5 Å². The highest BCUT2D eigenvalue weighted by Gasteiger charge is 2.11. The zero-order valence-corrected chi connectivity index (χ0v) is 13.2. The maximum absolute atomic E-state index is 4.48. The minimum atomic E-state index is 0. The van der Waals surface area contributed by atoms with Crippen LogP contribution in [0.1, 0.15) is 13.8 Å². The molecule has 0 amide bonds. The van der Waals surface area contributed by atoms with Crippen LogP contribution in [-0.4, -0.2) is 23.1 Å². The second-order valence-corrected chi connectivity index (χ2v) is 4.81. The van der Waals surface area contributed by atoms with Gasteiger partial charge >= 0.3 is 0 Å². The summed E-state index contributed by atoms with van der Waals surface area (Å²) in [6.45, 7) is 6.35. The van der Waals surface area contributed by atoms with Crippen molar-refractivity contribution >= 4 is 29.1 Å². The molecule has 0 aliphatic rings. The number of halogens is 1. The van der Waals surface area contributed by atoms with Crippen molar-refractivity contribution in [2.75, 3.05) is 18.0 Å². The van der Waals surface area contributed by atoms with Crippen LogP contribution < -0.4 is 4.90 Å². The number of fused-ring (bicyclic) bond motifs is 1. The molecule has 0 saturated carbocycles. The predicted molar refractivity (Wildman–Crippen MR) is 92.3 cm³/mol. The molecule has 0 unspecified atom stereocenters. The predicted octanol–water partition coefficient (Wildman–Crippen LogP) is 4.50. The Bertz CT molecular complexity index is 702. The largest absolute Gasteiger partial charge is 0.370 e. The molecule has 0 spiro atoms. The van der Waals surface area contributed by atoms with Crippen molar-refractivity contribution in [3.63, 3.8) is 0 Å². The maximum atomic E-state index is 4.48. The Morgan fingerprint density at radius 2 is 1.76 bits per heavy atom. The van der Waals surface area contributed by atoms with E-state index in [-0.39, 0.29) is 12.4 Å². The molecule has 3 rings (SSSR count). The standard InChI is InChI=1S/C17H19N3.ClH/c1-3-20(4-2)16-10-11-18-15-12-14(19-17(15)16)13-8-6-5-7-9-13;/h5-12,19H,3-4H2,1-2H3;1H. The minimum Gasteiger partial charge on any atom is -0.370 e. The van der Waals surface area contributed by atoms with Crippen LogP contribution in [-0.2, 0) is 0 Å². The third-order valence-electron chi connectivity index (χ3n) is 3.69.